The summed E-state index contributed by atoms with van der Waals surface area (Å²) in [4.78, 5) is 0. The van der Waals surface area contributed by atoms with Gasteiger partial charge >= 0.3 is 0 Å². The van der Waals surface area contributed by atoms with Crippen molar-refractivity contribution in [3.8, 4) is 5.75 Å². The number of rotatable bonds is 6. The van der Waals surface area contributed by atoms with E-state index in [1.165, 1.54) is 5.56 Å². The van der Waals surface area contributed by atoms with Crippen LogP contribution in [0.15, 0.2) is 54.6 Å². The van der Waals surface area contributed by atoms with Crippen LogP contribution in [-0.4, -0.2) is 11.7 Å². The lowest BCUT2D eigenvalue weighted by Gasteiger charge is -2.11. The van der Waals surface area contributed by atoms with Gasteiger partial charge in [-0.05, 0) is 23.6 Å². The molecular weight excluding hydrogens is 248 g/mol. The van der Waals surface area contributed by atoms with Crippen molar-refractivity contribution in [3.05, 3.63) is 71.3 Å². The molecule has 0 amide bonds. The lowest BCUT2D eigenvalue weighted by molar-refractivity contribution is 0.305. The summed E-state index contributed by atoms with van der Waals surface area (Å²) < 4.78 is 5.93. The first-order valence-corrected chi connectivity index (χ1v) is 6.90. The van der Waals surface area contributed by atoms with Gasteiger partial charge < -0.3 is 9.84 Å². The first-order valence-electron chi connectivity index (χ1n) is 6.90. The highest BCUT2D eigenvalue weighted by molar-refractivity contribution is 5.58. The van der Waals surface area contributed by atoms with Crippen molar-refractivity contribution in [3.63, 3.8) is 0 Å². The number of aryl methyl sites for hydroxylation is 1. The predicted octanol–water partition coefficient (Wildman–Crippen LogP) is 3.83. The van der Waals surface area contributed by atoms with Gasteiger partial charge in [-0.1, -0.05) is 61.5 Å². The van der Waals surface area contributed by atoms with Gasteiger partial charge in [0.1, 0.15) is 12.4 Å². The highest BCUT2D eigenvalue weighted by Crippen LogP contribution is 2.23. The van der Waals surface area contributed by atoms with E-state index in [1.54, 1.807) is 6.08 Å². The molecule has 0 aromatic heterocycles. The van der Waals surface area contributed by atoms with Crippen LogP contribution < -0.4 is 4.74 Å². The van der Waals surface area contributed by atoms with Crippen molar-refractivity contribution < 1.29 is 9.84 Å². The molecule has 0 aliphatic carbocycles. The molecule has 0 radical (unpaired) electrons. The summed E-state index contributed by atoms with van der Waals surface area (Å²) in [5.41, 5.74) is 3.38. The third-order valence-electron chi connectivity index (χ3n) is 3.13. The molecule has 0 saturated carbocycles. The minimum Gasteiger partial charge on any atom is -0.488 e. The SMILES string of the molecule is CCc1ccc(/C=C/CO)c(OCc2ccccc2)c1. The Labute approximate surface area is 120 Å². The summed E-state index contributed by atoms with van der Waals surface area (Å²) in [6, 6.07) is 16.3. The van der Waals surface area contributed by atoms with E-state index in [4.69, 9.17) is 9.84 Å². The zero-order valence-electron chi connectivity index (χ0n) is 11.8. The van der Waals surface area contributed by atoms with E-state index in [0.717, 1.165) is 23.3 Å². The lowest BCUT2D eigenvalue weighted by atomic mass is 10.1. The Hall–Kier alpha value is -2.06. The molecular formula is C18H20O2. The Balaban J connectivity index is 2.17. The molecule has 2 heteroatoms. The van der Waals surface area contributed by atoms with Crippen LogP contribution in [0.2, 0.25) is 0 Å². The Morgan fingerprint density at radius 2 is 1.85 bits per heavy atom. The highest BCUT2D eigenvalue weighted by Gasteiger charge is 2.03. The fraction of sp³-hybridized carbons (Fsp3) is 0.222. The summed E-state index contributed by atoms with van der Waals surface area (Å²) in [5, 5.41) is 8.90. The second-order valence-corrected chi connectivity index (χ2v) is 4.58. The Morgan fingerprint density at radius 1 is 1.05 bits per heavy atom. The summed E-state index contributed by atoms with van der Waals surface area (Å²) in [6.45, 7) is 2.71. The predicted molar refractivity (Wildman–Crippen MR) is 82.7 cm³/mol. The molecule has 1 N–H and O–H groups in total. The van der Waals surface area contributed by atoms with Crippen LogP contribution in [0.1, 0.15) is 23.6 Å². The second kappa shape index (κ2) is 7.51. The van der Waals surface area contributed by atoms with Crippen LogP contribution in [0.3, 0.4) is 0 Å². The van der Waals surface area contributed by atoms with E-state index < -0.39 is 0 Å². The minimum atomic E-state index is 0.0354. The molecule has 104 valence electrons. The molecule has 2 aromatic rings. The number of benzene rings is 2. The van der Waals surface area contributed by atoms with Gasteiger partial charge in [0.05, 0.1) is 6.61 Å². The molecule has 0 unspecified atom stereocenters. The van der Waals surface area contributed by atoms with Gasteiger partial charge in [-0.15, -0.1) is 0 Å². The molecule has 0 spiro atoms. The number of hydrogen-bond acceptors (Lipinski definition) is 2. The average molecular weight is 268 g/mol. The van der Waals surface area contributed by atoms with Gasteiger partial charge in [-0.25, -0.2) is 0 Å². The van der Waals surface area contributed by atoms with Gasteiger partial charge in [0.2, 0.25) is 0 Å². The number of aliphatic hydroxyl groups is 1. The van der Waals surface area contributed by atoms with Crippen molar-refractivity contribution in [1.82, 2.24) is 0 Å². The van der Waals surface area contributed by atoms with Crippen molar-refractivity contribution in [2.75, 3.05) is 6.61 Å². The Bertz CT molecular complexity index is 559. The molecule has 2 rings (SSSR count). The molecule has 0 fully saturated rings. The molecule has 0 atom stereocenters. The lowest BCUT2D eigenvalue weighted by Crippen LogP contribution is -1.97. The maximum absolute atomic E-state index is 8.90. The zero-order valence-corrected chi connectivity index (χ0v) is 11.8. The quantitative estimate of drug-likeness (QED) is 0.862. The topological polar surface area (TPSA) is 29.5 Å². The summed E-state index contributed by atoms with van der Waals surface area (Å²) >= 11 is 0. The average Bonchev–Trinajstić information content (AvgIpc) is 2.52. The van der Waals surface area contributed by atoms with Crippen LogP contribution in [0.4, 0.5) is 0 Å². The van der Waals surface area contributed by atoms with E-state index in [0.29, 0.717) is 6.61 Å². The maximum Gasteiger partial charge on any atom is 0.127 e. The third kappa shape index (κ3) is 3.97. The fourth-order valence-electron chi connectivity index (χ4n) is 1.98. The summed E-state index contributed by atoms with van der Waals surface area (Å²) in [6.07, 6.45) is 4.59. The molecule has 0 aliphatic rings. The molecule has 0 bridgehead atoms. The van der Waals surface area contributed by atoms with Gasteiger partial charge in [0.15, 0.2) is 0 Å². The standard InChI is InChI=1S/C18H20O2/c1-2-15-10-11-17(9-6-12-19)18(13-15)20-14-16-7-4-3-5-8-16/h3-11,13,19H,2,12,14H2,1H3/b9-6+. The van der Waals surface area contributed by atoms with E-state index >= 15 is 0 Å². The smallest absolute Gasteiger partial charge is 0.127 e. The minimum absolute atomic E-state index is 0.0354. The molecule has 0 heterocycles. The Kier molecular flexibility index (Phi) is 5.39. The van der Waals surface area contributed by atoms with Crippen molar-refractivity contribution in [1.29, 1.82) is 0 Å². The van der Waals surface area contributed by atoms with Gasteiger partial charge in [-0.3, -0.25) is 0 Å². The highest BCUT2D eigenvalue weighted by atomic mass is 16.5. The summed E-state index contributed by atoms with van der Waals surface area (Å²) in [5.74, 6) is 0.859. The first kappa shape index (κ1) is 14.4. The third-order valence-corrected chi connectivity index (χ3v) is 3.13. The number of hydrogen-bond donors (Lipinski definition) is 1. The maximum atomic E-state index is 8.90. The molecule has 20 heavy (non-hydrogen) atoms. The molecule has 2 aromatic carbocycles. The van der Waals surface area contributed by atoms with Gasteiger partial charge in [0, 0.05) is 5.56 Å². The van der Waals surface area contributed by atoms with Crippen LogP contribution >= 0.6 is 0 Å². The van der Waals surface area contributed by atoms with Crippen molar-refractivity contribution >= 4 is 6.08 Å². The van der Waals surface area contributed by atoms with Crippen LogP contribution in [0, 0.1) is 0 Å². The van der Waals surface area contributed by atoms with Crippen LogP contribution in [0.5, 0.6) is 5.75 Å². The number of ether oxygens (including phenoxy) is 1. The number of aliphatic hydroxyl groups excluding tert-OH is 1. The Morgan fingerprint density at radius 3 is 2.55 bits per heavy atom. The van der Waals surface area contributed by atoms with Crippen LogP contribution in [-0.2, 0) is 13.0 Å². The summed E-state index contributed by atoms with van der Waals surface area (Å²) in [7, 11) is 0. The van der Waals surface area contributed by atoms with Crippen molar-refractivity contribution in [2.24, 2.45) is 0 Å². The second-order valence-electron chi connectivity index (χ2n) is 4.58. The van der Waals surface area contributed by atoms with E-state index in [1.807, 2.05) is 42.5 Å². The molecule has 2 nitrogen and oxygen atoms in total. The zero-order chi connectivity index (χ0) is 14.2. The van der Waals surface area contributed by atoms with Gasteiger partial charge in [-0.2, -0.15) is 0 Å². The molecule has 0 aliphatic heterocycles. The van der Waals surface area contributed by atoms with Crippen molar-refractivity contribution in [2.45, 2.75) is 20.0 Å². The van der Waals surface area contributed by atoms with Crippen LogP contribution in [0.25, 0.3) is 6.08 Å². The van der Waals surface area contributed by atoms with Gasteiger partial charge in [0.25, 0.3) is 0 Å². The first-order chi connectivity index (χ1) is 9.83. The van der Waals surface area contributed by atoms with E-state index in [2.05, 4.69) is 19.1 Å². The normalized spacial score (nSPS) is 10.9. The molecule has 0 saturated heterocycles. The van der Waals surface area contributed by atoms with E-state index in [9.17, 15) is 0 Å². The fourth-order valence-corrected chi connectivity index (χ4v) is 1.98. The monoisotopic (exact) mass is 268 g/mol. The van der Waals surface area contributed by atoms with E-state index in [-0.39, 0.29) is 6.61 Å². The largest absolute Gasteiger partial charge is 0.488 e.